The van der Waals surface area contributed by atoms with Crippen LogP contribution in [0.1, 0.15) is 58.1 Å². The van der Waals surface area contributed by atoms with Crippen molar-refractivity contribution in [3.8, 4) is 0 Å². The van der Waals surface area contributed by atoms with Crippen molar-refractivity contribution in [3.05, 3.63) is 35.9 Å². The van der Waals surface area contributed by atoms with Gasteiger partial charge in [0.15, 0.2) is 0 Å². The Morgan fingerprint density at radius 1 is 1.00 bits per heavy atom. The molecule has 1 aromatic carbocycles. The van der Waals surface area contributed by atoms with E-state index in [2.05, 4.69) is 51.1 Å². The molecule has 0 N–H and O–H groups in total. The summed E-state index contributed by atoms with van der Waals surface area (Å²) in [7, 11) is 0. The highest BCUT2D eigenvalue weighted by Crippen LogP contribution is 2.31. The summed E-state index contributed by atoms with van der Waals surface area (Å²) in [6, 6.07) is 10.7. The zero-order valence-corrected chi connectivity index (χ0v) is 11.5. The van der Waals surface area contributed by atoms with Gasteiger partial charge in [0, 0.05) is 6.61 Å². The third-order valence-corrected chi connectivity index (χ3v) is 3.24. The van der Waals surface area contributed by atoms with Gasteiger partial charge in [-0.2, -0.15) is 0 Å². The molecule has 0 aliphatic heterocycles. The minimum atomic E-state index is 0.279. The van der Waals surface area contributed by atoms with Gasteiger partial charge >= 0.3 is 0 Å². The van der Waals surface area contributed by atoms with E-state index in [4.69, 9.17) is 4.74 Å². The molecule has 0 bridgehead atoms. The van der Waals surface area contributed by atoms with Gasteiger partial charge in [-0.25, -0.2) is 0 Å². The van der Waals surface area contributed by atoms with Gasteiger partial charge in [-0.05, 0) is 24.3 Å². The molecule has 96 valence electrons. The smallest absolute Gasteiger partial charge is 0.0852 e. The summed E-state index contributed by atoms with van der Waals surface area (Å²) < 4.78 is 6.08. The predicted molar refractivity (Wildman–Crippen MR) is 74.1 cm³/mol. The van der Waals surface area contributed by atoms with E-state index >= 15 is 0 Å². The maximum Gasteiger partial charge on any atom is 0.0852 e. The third kappa shape index (κ3) is 4.51. The fourth-order valence-electron chi connectivity index (χ4n) is 2.33. The van der Waals surface area contributed by atoms with Crippen LogP contribution in [0.15, 0.2) is 30.3 Å². The highest BCUT2D eigenvalue weighted by molar-refractivity contribution is 5.18. The lowest BCUT2D eigenvalue weighted by Crippen LogP contribution is -2.16. The lowest BCUT2D eigenvalue weighted by molar-refractivity contribution is 0.00636. The molecule has 0 aromatic heterocycles. The fraction of sp³-hybridized carbons (Fsp3) is 0.625. The van der Waals surface area contributed by atoms with Crippen LogP contribution in [-0.4, -0.2) is 6.61 Å². The Morgan fingerprint density at radius 3 is 2.24 bits per heavy atom. The molecule has 0 spiro atoms. The van der Waals surface area contributed by atoms with Crippen LogP contribution in [0.4, 0.5) is 0 Å². The van der Waals surface area contributed by atoms with Crippen molar-refractivity contribution in [2.75, 3.05) is 6.61 Å². The van der Waals surface area contributed by atoms with Gasteiger partial charge in [0.05, 0.1) is 6.10 Å². The molecule has 0 radical (unpaired) electrons. The van der Waals surface area contributed by atoms with Crippen molar-refractivity contribution in [1.29, 1.82) is 0 Å². The van der Waals surface area contributed by atoms with Gasteiger partial charge in [-0.3, -0.25) is 0 Å². The van der Waals surface area contributed by atoms with Gasteiger partial charge in [-0.1, -0.05) is 63.9 Å². The van der Waals surface area contributed by atoms with Crippen LogP contribution in [0.5, 0.6) is 0 Å². The first-order valence-electron chi connectivity index (χ1n) is 6.99. The molecule has 0 amide bonds. The summed E-state index contributed by atoms with van der Waals surface area (Å²) in [5.41, 5.74) is 1.33. The summed E-state index contributed by atoms with van der Waals surface area (Å²) in [5.74, 6) is 0.647. The Kier molecular flexibility index (Phi) is 6.95. The topological polar surface area (TPSA) is 9.23 Å². The average Bonchev–Trinajstić information content (AvgIpc) is 2.39. The Hall–Kier alpha value is -0.820. The van der Waals surface area contributed by atoms with Crippen LogP contribution < -0.4 is 0 Å². The highest BCUT2D eigenvalue weighted by Gasteiger charge is 2.21. The quantitative estimate of drug-likeness (QED) is 0.616. The summed E-state index contributed by atoms with van der Waals surface area (Å²) >= 11 is 0. The normalized spacial score (nSPS) is 14.5. The maximum absolute atomic E-state index is 6.08. The molecule has 17 heavy (non-hydrogen) atoms. The third-order valence-electron chi connectivity index (χ3n) is 3.24. The minimum Gasteiger partial charge on any atom is -0.373 e. The largest absolute Gasteiger partial charge is 0.373 e. The van der Waals surface area contributed by atoms with E-state index in [1.165, 1.54) is 24.8 Å². The van der Waals surface area contributed by atoms with E-state index in [1.54, 1.807) is 0 Å². The van der Waals surface area contributed by atoms with Gasteiger partial charge in [0.25, 0.3) is 0 Å². The van der Waals surface area contributed by atoms with E-state index < -0.39 is 0 Å². The first-order valence-corrected chi connectivity index (χ1v) is 6.99. The SMILES string of the molecule is CCCOC(c1ccccc1)C(CC)CCC. The molecule has 0 fully saturated rings. The molecule has 0 heterocycles. The van der Waals surface area contributed by atoms with Crippen molar-refractivity contribution in [1.82, 2.24) is 0 Å². The Bertz CT molecular complexity index is 281. The van der Waals surface area contributed by atoms with Crippen molar-refractivity contribution in [2.24, 2.45) is 5.92 Å². The zero-order chi connectivity index (χ0) is 12.5. The van der Waals surface area contributed by atoms with Crippen LogP contribution in [-0.2, 0) is 4.74 Å². The Balaban J connectivity index is 2.78. The molecule has 0 aliphatic carbocycles. The number of benzene rings is 1. The van der Waals surface area contributed by atoms with E-state index in [0.29, 0.717) is 5.92 Å². The molecule has 1 rings (SSSR count). The molecule has 1 aromatic rings. The number of hydrogen-bond acceptors (Lipinski definition) is 1. The monoisotopic (exact) mass is 234 g/mol. The summed E-state index contributed by atoms with van der Waals surface area (Å²) in [4.78, 5) is 0. The van der Waals surface area contributed by atoms with E-state index in [-0.39, 0.29) is 6.10 Å². The Labute approximate surface area is 106 Å². The van der Waals surface area contributed by atoms with Crippen molar-refractivity contribution in [3.63, 3.8) is 0 Å². The van der Waals surface area contributed by atoms with Crippen molar-refractivity contribution >= 4 is 0 Å². The number of ether oxygens (including phenoxy) is 1. The molecule has 2 unspecified atom stereocenters. The number of hydrogen-bond donors (Lipinski definition) is 0. The maximum atomic E-state index is 6.08. The van der Waals surface area contributed by atoms with Crippen molar-refractivity contribution in [2.45, 2.75) is 52.6 Å². The van der Waals surface area contributed by atoms with Gasteiger partial charge < -0.3 is 4.74 Å². The lowest BCUT2D eigenvalue weighted by Gasteiger charge is -2.26. The first kappa shape index (κ1) is 14.2. The summed E-state index contributed by atoms with van der Waals surface area (Å²) in [6.07, 6.45) is 5.04. The van der Waals surface area contributed by atoms with Crippen LogP contribution in [0, 0.1) is 5.92 Å². The number of rotatable bonds is 8. The minimum absolute atomic E-state index is 0.279. The van der Waals surface area contributed by atoms with Gasteiger partial charge in [-0.15, -0.1) is 0 Å². The van der Waals surface area contributed by atoms with Crippen LogP contribution in [0.2, 0.25) is 0 Å². The molecule has 1 heteroatoms. The van der Waals surface area contributed by atoms with Crippen LogP contribution >= 0.6 is 0 Å². The molecule has 0 saturated heterocycles. The predicted octanol–water partition coefficient (Wildman–Crippen LogP) is 4.98. The second kappa shape index (κ2) is 8.30. The molecular weight excluding hydrogens is 208 g/mol. The average molecular weight is 234 g/mol. The van der Waals surface area contributed by atoms with Crippen LogP contribution in [0.25, 0.3) is 0 Å². The molecule has 2 atom stereocenters. The van der Waals surface area contributed by atoms with E-state index in [9.17, 15) is 0 Å². The van der Waals surface area contributed by atoms with Gasteiger partial charge in [0.2, 0.25) is 0 Å². The second-order valence-corrected chi connectivity index (χ2v) is 4.66. The van der Waals surface area contributed by atoms with Crippen molar-refractivity contribution < 1.29 is 4.74 Å². The molecular formula is C16H26O. The second-order valence-electron chi connectivity index (χ2n) is 4.66. The molecule has 0 aliphatic rings. The summed E-state index contributed by atoms with van der Waals surface area (Å²) in [6.45, 7) is 7.55. The summed E-state index contributed by atoms with van der Waals surface area (Å²) in [5, 5.41) is 0. The zero-order valence-electron chi connectivity index (χ0n) is 11.5. The standard InChI is InChI=1S/C16H26O/c1-4-10-14(6-3)16(17-13-5-2)15-11-8-7-9-12-15/h7-9,11-12,14,16H,4-6,10,13H2,1-3H3. The highest BCUT2D eigenvalue weighted by atomic mass is 16.5. The van der Waals surface area contributed by atoms with E-state index in [0.717, 1.165) is 13.0 Å². The molecule has 1 nitrogen and oxygen atoms in total. The van der Waals surface area contributed by atoms with Gasteiger partial charge in [0.1, 0.15) is 0 Å². The van der Waals surface area contributed by atoms with Crippen LogP contribution in [0.3, 0.4) is 0 Å². The van der Waals surface area contributed by atoms with E-state index in [1.807, 2.05) is 0 Å². The lowest BCUT2D eigenvalue weighted by atomic mass is 9.89. The Morgan fingerprint density at radius 2 is 1.71 bits per heavy atom. The fourth-order valence-corrected chi connectivity index (χ4v) is 2.33. The first-order chi connectivity index (χ1) is 8.33. The molecule has 0 saturated carbocycles.